The zero-order valence-corrected chi connectivity index (χ0v) is 13.8. The molecule has 0 spiro atoms. The highest BCUT2D eigenvalue weighted by Crippen LogP contribution is 2.29. The van der Waals surface area contributed by atoms with E-state index < -0.39 is 6.17 Å². The number of para-hydroxylation sites is 1. The smallest absolute Gasteiger partial charge is 0.276 e. The van der Waals surface area contributed by atoms with Crippen molar-refractivity contribution in [3.63, 3.8) is 0 Å². The number of carbonyl (C=O) groups is 1. The van der Waals surface area contributed by atoms with Crippen LogP contribution in [0.2, 0.25) is 0 Å². The van der Waals surface area contributed by atoms with E-state index in [9.17, 15) is 4.79 Å². The Kier molecular flexibility index (Phi) is 3.78. The number of hydrogen-bond donors (Lipinski definition) is 1. The van der Waals surface area contributed by atoms with E-state index in [4.69, 9.17) is 4.99 Å². The van der Waals surface area contributed by atoms with Crippen molar-refractivity contribution in [1.82, 2.24) is 15.3 Å². The third-order valence-corrected chi connectivity index (χ3v) is 4.49. The first-order chi connectivity index (χ1) is 11.8. The van der Waals surface area contributed by atoms with Gasteiger partial charge in [-0.1, -0.05) is 43.0 Å². The van der Waals surface area contributed by atoms with Crippen LogP contribution in [0.5, 0.6) is 0 Å². The Morgan fingerprint density at radius 2 is 2.04 bits per heavy atom. The molecule has 2 aliphatic heterocycles. The predicted molar refractivity (Wildman–Crippen MR) is 93.2 cm³/mol. The Morgan fingerprint density at radius 3 is 2.83 bits per heavy atom. The lowest BCUT2D eigenvalue weighted by Crippen LogP contribution is -2.50. The van der Waals surface area contributed by atoms with Crippen LogP contribution in [0.1, 0.15) is 18.8 Å². The molecule has 4 rings (SSSR count). The molecule has 1 aromatic carbocycles. The van der Waals surface area contributed by atoms with Crippen LogP contribution in [-0.2, 0) is 4.79 Å². The van der Waals surface area contributed by atoms with Crippen LogP contribution in [0.25, 0.3) is 5.70 Å². The lowest BCUT2D eigenvalue weighted by molar-refractivity contribution is -0.116. The normalized spacial score (nSPS) is 19.0. The molecule has 7 heteroatoms. The lowest BCUT2D eigenvalue weighted by atomic mass is 10.1. The Hall–Kier alpha value is -2.67. The van der Waals surface area contributed by atoms with Gasteiger partial charge >= 0.3 is 0 Å². The number of nitrogens with one attached hydrogen (secondary N) is 1. The average molecular weight is 337 g/mol. The number of nitrogens with zero attached hydrogens (tertiary/aromatic N) is 4. The molecular weight excluding hydrogens is 322 g/mol. The van der Waals surface area contributed by atoms with E-state index in [0.29, 0.717) is 10.9 Å². The quantitative estimate of drug-likeness (QED) is 0.887. The van der Waals surface area contributed by atoms with E-state index in [2.05, 4.69) is 15.4 Å². The predicted octanol–water partition coefficient (Wildman–Crippen LogP) is 0.978. The summed E-state index contributed by atoms with van der Waals surface area (Å²) in [5.41, 5.74) is 1.26. The van der Waals surface area contributed by atoms with Crippen LogP contribution in [0.3, 0.4) is 0 Å². The summed E-state index contributed by atoms with van der Waals surface area (Å²) in [5.74, 6) is 0.661. The van der Waals surface area contributed by atoms with E-state index in [1.165, 1.54) is 11.8 Å². The van der Waals surface area contributed by atoms with Gasteiger partial charge in [-0.25, -0.2) is 5.01 Å². The molecule has 6 nitrogen and oxygen atoms in total. The first kappa shape index (κ1) is 14.9. The summed E-state index contributed by atoms with van der Waals surface area (Å²) in [6.45, 7) is 2.02. The number of rotatable bonds is 2. The summed E-state index contributed by atoms with van der Waals surface area (Å²) in [6, 6.07) is 13.3. The van der Waals surface area contributed by atoms with Gasteiger partial charge in [0.1, 0.15) is 5.70 Å². The summed E-state index contributed by atoms with van der Waals surface area (Å²) >= 11 is 1.49. The van der Waals surface area contributed by atoms with Crippen LogP contribution in [-0.4, -0.2) is 26.8 Å². The second kappa shape index (κ2) is 6.09. The third-order valence-electron chi connectivity index (χ3n) is 3.75. The van der Waals surface area contributed by atoms with E-state index in [1.54, 1.807) is 11.2 Å². The van der Waals surface area contributed by atoms with Gasteiger partial charge in [-0.05, 0) is 24.0 Å². The van der Waals surface area contributed by atoms with Crippen LogP contribution in [0.4, 0.5) is 0 Å². The van der Waals surface area contributed by atoms with Gasteiger partial charge in [0.2, 0.25) is 0 Å². The SMILES string of the molecule is CCSC1=NN2C(=c3ccccc3=N[C@H]2c2ccccn2)C(=O)N1. The summed E-state index contributed by atoms with van der Waals surface area (Å²) < 4.78 is 0. The van der Waals surface area contributed by atoms with Crippen molar-refractivity contribution < 1.29 is 4.79 Å². The molecule has 0 saturated carbocycles. The standard InChI is InChI=1S/C17H15N5OS/c1-2-24-17-20-16(23)14-11-7-3-4-8-12(11)19-15(22(14)21-17)13-9-5-6-10-18-13/h3-10,15H,2H2,1H3,(H,20,21,23)/t15-/m1/s1. The largest absolute Gasteiger partial charge is 0.298 e. The maximum Gasteiger partial charge on any atom is 0.276 e. The molecular formula is C17H15N5OS. The number of pyridine rings is 1. The molecule has 120 valence electrons. The van der Waals surface area contributed by atoms with Gasteiger partial charge in [-0.15, -0.1) is 5.10 Å². The first-order valence-corrected chi connectivity index (χ1v) is 8.66. The molecule has 0 radical (unpaired) electrons. The molecule has 0 saturated heterocycles. The summed E-state index contributed by atoms with van der Waals surface area (Å²) in [6.07, 6.45) is 1.27. The van der Waals surface area contributed by atoms with Crippen LogP contribution in [0, 0.1) is 0 Å². The molecule has 1 amide bonds. The van der Waals surface area contributed by atoms with Crippen molar-refractivity contribution in [3.8, 4) is 0 Å². The highest BCUT2D eigenvalue weighted by Gasteiger charge is 2.34. The molecule has 3 heterocycles. The number of thioether (sulfide) groups is 1. The van der Waals surface area contributed by atoms with Crippen molar-refractivity contribution >= 4 is 28.5 Å². The van der Waals surface area contributed by atoms with Gasteiger partial charge in [0.05, 0.1) is 11.1 Å². The van der Waals surface area contributed by atoms with Crippen LogP contribution in [0.15, 0.2) is 58.8 Å². The Morgan fingerprint density at radius 1 is 1.21 bits per heavy atom. The van der Waals surface area contributed by atoms with Crippen molar-refractivity contribution in [2.24, 2.45) is 10.1 Å². The second-order valence-electron chi connectivity index (χ2n) is 5.26. The van der Waals surface area contributed by atoms with Crippen LogP contribution < -0.4 is 15.9 Å². The van der Waals surface area contributed by atoms with Gasteiger partial charge in [0.25, 0.3) is 5.91 Å². The number of hydrogen-bond acceptors (Lipinski definition) is 6. The van der Waals surface area contributed by atoms with E-state index in [-0.39, 0.29) is 5.91 Å². The van der Waals surface area contributed by atoms with Gasteiger partial charge in [-0.2, -0.15) is 0 Å². The number of carbonyl (C=O) groups excluding carboxylic acids is 1. The average Bonchev–Trinajstić information content (AvgIpc) is 2.62. The highest BCUT2D eigenvalue weighted by atomic mass is 32.2. The monoisotopic (exact) mass is 337 g/mol. The maximum absolute atomic E-state index is 12.7. The molecule has 2 aromatic rings. The first-order valence-electron chi connectivity index (χ1n) is 7.68. The van der Waals surface area contributed by atoms with Crippen LogP contribution >= 0.6 is 11.8 Å². The Bertz CT molecular complexity index is 941. The number of amides is 1. The molecule has 24 heavy (non-hydrogen) atoms. The van der Waals surface area contributed by atoms with Crippen molar-refractivity contribution in [3.05, 3.63) is 64.9 Å². The minimum Gasteiger partial charge on any atom is -0.298 e. The van der Waals surface area contributed by atoms with Crippen molar-refractivity contribution in [2.45, 2.75) is 13.1 Å². The Balaban J connectivity index is 1.96. The molecule has 0 fully saturated rings. The van der Waals surface area contributed by atoms with E-state index in [1.807, 2.05) is 49.4 Å². The zero-order valence-electron chi connectivity index (χ0n) is 13.0. The number of hydrazone groups is 1. The molecule has 2 aliphatic rings. The van der Waals surface area contributed by atoms with E-state index in [0.717, 1.165) is 22.0 Å². The van der Waals surface area contributed by atoms with E-state index >= 15 is 0 Å². The summed E-state index contributed by atoms with van der Waals surface area (Å²) in [4.78, 5) is 21.9. The molecule has 1 N–H and O–H groups in total. The van der Waals surface area contributed by atoms with Gasteiger partial charge in [0.15, 0.2) is 11.3 Å². The molecule has 0 aliphatic carbocycles. The lowest BCUT2D eigenvalue weighted by Gasteiger charge is -2.33. The van der Waals surface area contributed by atoms with Gasteiger partial charge in [-0.3, -0.25) is 20.1 Å². The highest BCUT2D eigenvalue weighted by molar-refractivity contribution is 8.13. The fourth-order valence-corrected chi connectivity index (χ4v) is 3.33. The van der Waals surface area contributed by atoms with Gasteiger partial charge in [0, 0.05) is 11.4 Å². The summed E-state index contributed by atoms with van der Waals surface area (Å²) in [5, 5.41) is 11.3. The minimum absolute atomic E-state index is 0.163. The Labute approximate surface area is 143 Å². The molecule has 1 atom stereocenters. The fourth-order valence-electron chi connectivity index (χ4n) is 2.75. The number of aromatic nitrogens is 1. The number of amidine groups is 1. The zero-order chi connectivity index (χ0) is 16.5. The fraction of sp³-hybridized carbons (Fsp3) is 0.176. The summed E-state index contributed by atoms with van der Waals surface area (Å²) in [7, 11) is 0. The van der Waals surface area contributed by atoms with Crippen molar-refractivity contribution in [2.75, 3.05) is 5.75 Å². The topological polar surface area (TPSA) is 70.0 Å². The maximum atomic E-state index is 12.7. The molecule has 0 bridgehead atoms. The third kappa shape index (κ3) is 2.46. The number of fused-ring (bicyclic) bond motifs is 2. The van der Waals surface area contributed by atoms with Gasteiger partial charge < -0.3 is 0 Å². The number of benzene rings is 1. The second-order valence-corrected chi connectivity index (χ2v) is 6.51. The van der Waals surface area contributed by atoms with Crippen molar-refractivity contribution in [1.29, 1.82) is 0 Å². The molecule has 1 aromatic heterocycles. The minimum atomic E-state index is -0.449. The molecule has 0 unspecified atom stereocenters.